The molecule has 0 atom stereocenters. The molecule has 0 bridgehead atoms. The van der Waals surface area contributed by atoms with Crippen LogP contribution in [0.15, 0.2) is 42.5 Å². The molecule has 0 heterocycles. The third-order valence-corrected chi connectivity index (χ3v) is 4.04. The molecule has 24 heavy (non-hydrogen) atoms. The number of carbonyl (C=O) groups is 1. The summed E-state index contributed by atoms with van der Waals surface area (Å²) in [5.41, 5.74) is 3.47. The Balaban J connectivity index is 1.66. The topological polar surface area (TPSA) is 47.6 Å². The molecule has 0 fully saturated rings. The summed E-state index contributed by atoms with van der Waals surface area (Å²) in [5, 5.41) is 2.89. The molecule has 2 aromatic rings. The lowest BCUT2D eigenvalue weighted by Crippen LogP contribution is -2.28. The summed E-state index contributed by atoms with van der Waals surface area (Å²) in [6.45, 7) is 5.08. The molecule has 128 valence electrons. The van der Waals surface area contributed by atoms with Crippen LogP contribution in [-0.4, -0.2) is 26.2 Å². The number of hydrogen-bond acceptors (Lipinski definition) is 3. The highest BCUT2D eigenvalue weighted by Gasteiger charge is 2.04. The van der Waals surface area contributed by atoms with Crippen molar-refractivity contribution in [3.63, 3.8) is 0 Å². The molecule has 0 unspecified atom stereocenters. The van der Waals surface area contributed by atoms with Crippen LogP contribution in [0.4, 0.5) is 0 Å². The molecule has 0 spiro atoms. The van der Waals surface area contributed by atoms with Gasteiger partial charge in [0, 0.05) is 6.42 Å². The Labute approximate surface area is 143 Å². The van der Waals surface area contributed by atoms with Crippen LogP contribution in [0, 0.1) is 13.8 Å². The summed E-state index contributed by atoms with van der Waals surface area (Å²) in [6.07, 6.45) is 1.18. The lowest BCUT2D eigenvalue weighted by molar-refractivity contribution is -0.121. The van der Waals surface area contributed by atoms with Crippen LogP contribution in [0.5, 0.6) is 11.5 Å². The Morgan fingerprint density at radius 1 is 1.08 bits per heavy atom. The number of amides is 1. The smallest absolute Gasteiger partial charge is 0.220 e. The molecule has 1 amide bonds. The molecule has 0 aliphatic heterocycles. The zero-order valence-corrected chi connectivity index (χ0v) is 14.6. The lowest BCUT2D eigenvalue weighted by atomic mass is 10.1. The predicted octanol–water partition coefficient (Wildman–Crippen LogP) is 3.44. The van der Waals surface area contributed by atoms with Crippen LogP contribution in [-0.2, 0) is 11.2 Å². The van der Waals surface area contributed by atoms with Crippen molar-refractivity contribution in [2.24, 2.45) is 0 Å². The number of hydrogen-bond donors (Lipinski definition) is 1. The molecular weight excluding hydrogens is 302 g/mol. The normalized spacial score (nSPS) is 10.3. The van der Waals surface area contributed by atoms with Crippen LogP contribution in [0.3, 0.4) is 0 Å². The maximum absolute atomic E-state index is 11.9. The van der Waals surface area contributed by atoms with Gasteiger partial charge in [-0.3, -0.25) is 4.79 Å². The highest BCUT2D eigenvalue weighted by molar-refractivity contribution is 5.76. The van der Waals surface area contributed by atoms with Crippen molar-refractivity contribution in [2.75, 3.05) is 20.3 Å². The van der Waals surface area contributed by atoms with Crippen molar-refractivity contribution in [1.29, 1.82) is 0 Å². The predicted molar refractivity (Wildman–Crippen MR) is 95.7 cm³/mol. The van der Waals surface area contributed by atoms with E-state index in [1.54, 1.807) is 7.11 Å². The Bertz CT molecular complexity index is 665. The second kappa shape index (κ2) is 8.96. The molecular formula is C20H25NO3. The van der Waals surface area contributed by atoms with E-state index in [0.29, 0.717) is 26.0 Å². The SMILES string of the molecule is COc1ccc(CCC(=O)NCCOc2cccc(C)c2C)cc1. The molecule has 1 N–H and O–H groups in total. The number of carbonyl (C=O) groups excluding carboxylic acids is 1. The van der Waals surface area contributed by atoms with Crippen molar-refractivity contribution in [2.45, 2.75) is 26.7 Å². The van der Waals surface area contributed by atoms with Gasteiger partial charge in [0.25, 0.3) is 0 Å². The van der Waals surface area contributed by atoms with E-state index in [0.717, 1.165) is 22.6 Å². The van der Waals surface area contributed by atoms with E-state index in [-0.39, 0.29) is 5.91 Å². The number of benzene rings is 2. The quantitative estimate of drug-likeness (QED) is 0.756. The van der Waals surface area contributed by atoms with Gasteiger partial charge in [0.2, 0.25) is 5.91 Å². The van der Waals surface area contributed by atoms with E-state index in [2.05, 4.69) is 18.3 Å². The van der Waals surface area contributed by atoms with Crippen LogP contribution >= 0.6 is 0 Å². The van der Waals surface area contributed by atoms with Crippen molar-refractivity contribution in [3.8, 4) is 11.5 Å². The zero-order valence-electron chi connectivity index (χ0n) is 14.6. The first kappa shape index (κ1) is 17.9. The highest BCUT2D eigenvalue weighted by Crippen LogP contribution is 2.20. The van der Waals surface area contributed by atoms with Crippen molar-refractivity contribution >= 4 is 5.91 Å². The molecule has 0 saturated heterocycles. The van der Waals surface area contributed by atoms with Gasteiger partial charge >= 0.3 is 0 Å². The van der Waals surface area contributed by atoms with Gasteiger partial charge in [-0.2, -0.15) is 0 Å². The first-order chi connectivity index (χ1) is 11.6. The summed E-state index contributed by atoms with van der Waals surface area (Å²) in [6, 6.07) is 13.8. The molecule has 0 aliphatic carbocycles. The maximum Gasteiger partial charge on any atom is 0.220 e. The Morgan fingerprint density at radius 2 is 1.83 bits per heavy atom. The van der Waals surface area contributed by atoms with Gasteiger partial charge in [0.15, 0.2) is 0 Å². The zero-order chi connectivity index (χ0) is 17.4. The summed E-state index contributed by atoms with van der Waals surface area (Å²) in [5.74, 6) is 1.74. The summed E-state index contributed by atoms with van der Waals surface area (Å²) in [7, 11) is 1.64. The molecule has 0 radical (unpaired) electrons. The third kappa shape index (κ3) is 5.30. The van der Waals surface area contributed by atoms with Gasteiger partial charge in [0.05, 0.1) is 13.7 Å². The van der Waals surface area contributed by atoms with Gasteiger partial charge in [-0.05, 0) is 55.2 Å². The maximum atomic E-state index is 11.9. The summed E-state index contributed by atoms with van der Waals surface area (Å²) < 4.78 is 10.8. The van der Waals surface area contributed by atoms with Gasteiger partial charge in [-0.15, -0.1) is 0 Å². The summed E-state index contributed by atoms with van der Waals surface area (Å²) >= 11 is 0. The minimum absolute atomic E-state index is 0.0374. The number of nitrogens with one attached hydrogen (secondary N) is 1. The van der Waals surface area contributed by atoms with Gasteiger partial charge in [0.1, 0.15) is 18.1 Å². The molecule has 4 heteroatoms. The Hall–Kier alpha value is -2.49. The fourth-order valence-corrected chi connectivity index (χ4v) is 2.37. The molecule has 0 aliphatic rings. The third-order valence-electron chi connectivity index (χ3n) is 4.04. The molecule has 0 saturated carbocycles. The largest absolute Gasteiger partial charge is 0.497 e. The minimum atomic E-state index is 0.0374. The standard InChI is InChI=1S/C20H25NO3/c1-15-5-4-6-19(16(15)2)24-14-13-21-20(22)12-9-17-7-10-18(23-3)11-8-17/h4-8,10-11H,9,12-14H2,1-3H3,(H,21,22). The average molecular weight is 327 g/mol. The van der Waals surface area contributed by atoms with Crippen LogP contribution in [0.2, 0.25) is 0 Å². The number of methoxy groups -OCH3 is 1. The molecule has 2 aromatic carbocycles. The lowest BCUT2D eigenvalue weighted by Gasteiger charge is -2.11. The van der Waals surface area contributed by atoms with E-state index in [1.165, 1.54) is 5.56 Å². The van der Waals surface area contributed by atoms with E-state index >= 15 is 0 Å². The van der Waals surface area contributed by atoms with E-state index in [4.69, 9.17) is 9.47 Å². The van der Waals surface area contributed by atoms with E-state index in [1.807, 2.05) is 43.3 Å². The van der Waals surface area contributed by atoms with Crippen molar-refractivity contribution in [1.82, 2.24) is 5.32 Å². The Kier molecular flexibility index (Phi) is 6.67. The molecule has 0 aromatic heterocycles. The van der Waals surface area contributed by atoms with Crippen molar-refractivity contribution < 1.29 is 14.3 Å². The fourth-order valence-electron chi connectivity index (χ4n) is 2.37. The van der Waals surface area contributed by atoms with Crippen LogP contribution < -0.4 is 14.8 Å². The number of rotatable bonds is 8. The number of aryl methyl sites for hydroxylation is 2. The summed E-state index contributed by atoms with van der Waals surface area (Å²) in [4.78, 5) is 11.9. The molecule has 2 rings (SSSR count). The fraction of sp³-hybridized carbons (Fsp3) is 0.350. The minimum Gasteiger partial charge on any atom is -0.497 e. The highest BCUT2D eigenvalue weighted by atomic mass is 16.5. The number of ether oxygens (including phenoxy) is 2. The Morgan fingerprint density at radius 3 is 2.54 bits per heavy atom. The first-order valence-corrected chi connectivity index (χ1v) is 8.19. The molecule has 4 nitrogen and oxygen atoms in total. The second-order valence-corrected chi connectivity index (χ2v) is 5.74. The average Bonchev–Trinajstić information content (AvgIpc) is 2.60. The van der Waals surface area contributed by atoms with E-state index < -0.39 is 0 Å². The second-order valence-electron chi connectivity index (χ2n) is 5.74. The van der Waals surface area contributed by atoms with E-state index in [9.17, 15) is 4.79 Å². The van der Waals surface area contributed by atoms with Crippen LogP contribution in [0.25, 0.3) is 0 Å². The van der Waals surface area contributed by atoms with Gasteiger partial charge in [-0.1, -0.05) is 24.3 Å². The van der Waals surface area contributed by atoms with Gasteiger partial charge < -0.3 is 14.8 Å². The van der Waals surface area contributed by atoms with Crippen molar-refractivity contribution in [3.05, 3.63) is 59.2 Å². The van der Waals surface area contributed by atoms with Gasteiger partial charge in [-0.25, -0.2) is 0 Å². The first-order valence-electron chi connectivity index (χ1n) is 8.19. The van der Waals surface area contributed by atoms with Crippen LogP contribution in [0.1, 0.15) is 23.1 Å². The monoisotopic (exact) mass is 327 g/mol.